The lowest BCUT2D eigenvalue weighted by Gasteiger charge is -2.17. The van der Waals surface area contributed by atoms with Gasteiger partial charge in [-0.25, -0.2) is 4.79 Å². The van der Waals surface area contributed by atoms with Gasteiger partial charge in [0.05, 0.1) is 0 Å². The van der Waals surface area contributed by atoms with Crippen LogP contribution in [-0.4, -0.2) is 42.1 Å². The van der Waals surface area contributed by atoms with Crippen LogP contribution in [0, 0.1) is 5.92 Å². The highest BCUT2D eigenvalue weighted by atomic mass is 16.4. The third-order valence-electron chi connectivity index (χ3n) is 2.80. The van der Waals surface area contributed by atoms with E-state index in [1.807, 2.05) is 32.8 Å². The minimum absolute atomic E-state index is 0.178. The van der Waals surface area contributed by atoms with Gasteiger partial charge in [-0.1, -0.05) is 13.8 Å². The van der Waals surface area contributed by atoms with Crippen LogP contribution < -0.4 is 10.2 Å². The largest absolute Gasteiger partial charge is 0.480 e. The van der Waals surface area contributed by atoms with Gasteiger partial charge >= 0.3 is 5.97 Å². The van der Waals surface area contributed by atoms with E-state index in [-0.39, 0.29) is 11.6 Å². The Hall–Kier alpha value is -2.11. The average Bonchev–Trinajstić information content (AvgIpc) is 2.37. The van der Waals surface area contributed by atoms with Crippen molar-refractivity contribution in [1.29, 1.82) is 0 Å². The van der Waals surface area contributed by atoms with Crippen molar-refractivity contribution in [3.05, 3.63) is 24.0 Å². The predicted octanol–water partition coefficient (Wildman–Crippen LogP) is 1.38. The number of carbonyl (C=O) groups is 2. The van der Waals surface area contributed by atoms with Gasteiger partial charge in [0.1, 0.15) is 11.7 Å². The number of carbonyl (C=O) groups excluding carboxylic acids is 1. The highest BCUT2D eigenvalue weighted by Crippen LogP contribution is 2.12. The zero-order chi connectivity index (χ0) is 15.3. The number of rotatable bonds is 6. The third kappa shape index (κ3) is 4.53. The molecule has 0 fully saturated rings. The fourth-order valence-electron chi connectivity index (χ4n) is 1.75. The number of carboxylic acid groups (broad SMARTS) is 1. The SMILES string of the molecule is CC(C)CC(NC(=O)c1cc(N(C)C)ccn1)C(=O)O. The van der Waals surface area contributed by atoms with Crippen LogP contribution in [0.4, 0.5) is 5.69 Å². The number of amides is 1. The molecule has 0 aliphatic rings. The number of aliphatic carboxylic acids is 1. The summed E-state index contributed by atoms with van der Waals surface area (Å²) in [6, 6.07) is 2.51. The Morgan fingerprint density at radius 1 is 1.40 bits per heavy atom. The molecule has 0 spiro atoms. The molecule has 0 aliphatic carbocycles. The molecule has 1 amide bonds. The molecule has 6 nitrogen and oxygen atoms in total. The quantitative estimate of drug-likeness (QED) is 0.822. The molecule has 0 aliphatic heterocycles. The van der Waals surface area contributed by atoms with E-state index < -0.39 is 17.9 Å². The first-order chi connectivity index (χ1) is 9.31. The van der Waals surface area contributed by atoms with Crippen LogP contribution in [0.2, 0.25) is 0 Å². The second-order valence-corrected chi connectivity index (χ2v) is 5.29. The van der Waals surface area contributed by atoms with Crippen LogP contribution in [-0.2, 0) is 4.79 Å². The first-order valence-corrected chi connectivity index (χ1v) is 6.48. The van der Waals surface area contributed by atoms with Crippen LogP contribution in [0.3, 0.4) is 0 Å². The van der Waals surface area contributed by atoms with Crippen molar-refractivity contribution in [3.8, 4) is 0 Å². The van der Waals surface area contributed by atoms with E-state index >= 15 is 0 Å². The Bertz CT molecular complexity index is 486. The van der Waals surface area contributed by atoms with Crippen molar-refractivity contribution in [2.45, 2.75) is 26.3 Å². The Labute approximate surface area is 118 Å². The number of anilines is 1. The number of nitrogens with zero attached hydrogens (tertiary/aromatic N) is 2. The Morgan fingerprint density at radius 2 is 2.05 bits per heavy atom. The van der Waals surface area contributed by atoms with Gasteiger partial charge < -0.3 is 15.3 Å². The van der Waals surface area contributed by atoms with Crippen molar-refractivity contribution >= 4 is 17.6 Å². The van der Waals surface area contributed by atoms with Gasteiger partial charge in [-0.05, 0) is 24.5 Å². The molecule has 0 saturated heterocycles. The predicted molar refractivity (Wildman–Crippen MR) is 76.9 cm³/mol. The van der Waals surface area contributed by atoms with Gasteiger partial charge in [0, 0.05) is 26.0 Å². The van der Waals surface area contributed by atoms with Crippen molar-refractivity contribution in [3.63, 3.8) is 0 Å². The Morgan fingerprint density at radius 3 is 2.55 bits per heavy atom. The lowest BCUT2D eigenvalue weighted by molar-refractivity contribution is -0.139. The molecule has 1 unspecified atom stereocenters. The van der Waals surface area contributed by atoms with Crippen LogP contribution in [0.1, 0.15) is 30.8 Å². The fraction of sp³-hybridized carbons (Fsp3) is 0.500. The normalized spacial score (nSPS) is 12.1. The van der Waals surface area contributed by atoms with Gasteiger partial charge in [0.15, 0.2) is 0 Å². The summed E-state index contributed by atoms with van der Waals surface area (Å²) < 4.78 is 0. The van der Waals surface area contributed by atoms with E-state index in [2.05, 4.69) is 10.3 Å². The molecule has 2 N–H and O–H groups in total. The summed E-state index contributed by atoms with van der Waals surface area (Å²) in [5.41, 5.74) is 1.05. The minimum Gasteiger partial charge on any atom is -0.480 e. The second kappa shape index (κ2) is 6.88. The highest BCUT2D eigenvalue weighted by Gasteiger charge is 2.22. The summed E-state index contributed by atoms with van der Waals surface area (Å²) in [5.74, 6) is -1.32. The standard InChI is InChI=1S/C14H21N3O3/c1-9(2)7-12(14(19)20)16-13(18)11-8-10(17(3)4)5-6-15-11/h5-6,8-9,12H,7H2,1-4H3,(H,16,18)(H,19,20). The van der Waals surface area contributed by atoms with Gasteiger partial charge in [-0.2, -0.15) is 0 Å². The summed E-state index contributed by atoms with van der Waals surface area (Å²) in [5, 5.41) is 11.6. The summed E-state index contributed by atoms with van der Waals surface area (Å²) in [4.78, 5) is 29.0. The van der Waals surface area contributed by atoms with E-state index in [4.69, 9.17) is 5.11 Å². The molecule has 110 valence electrons. The maximum Gasteiger partial charge on any atom is 0.326 e. The number of hydrogen-bond donors (Lipinski definition) is 2. The summed E-state index contributed by atoms with van der Waals surface area (Å²) in [6.07, 6.45) is 1.91. The maximum absolute atomic E-state index is 12.1. The second-order valence-electron chi connectivity index (χ2n) is 5.29. The number of nitrogens with one attached hydrogen (secondary N) is 1. The molecular formula is C14H21N3O3. The average molecular weight is 279 g/mol. The molecule has 0 bridgehead atoms. The van der Waals surface area contributed by atoms with Crippen LogP contribution >= 0.6 is 0 Å². The molecule has 0 aromatic carbocycles. The lowest BCUT2D eigenvalue weighted by Crippen LogP contribution is -2.41. The van der Waals surface area contributed by atoms with Crippen LogP contribution in [0.25, 0.3) is 0 Å². The highest BCUT2D eigenvalue weighted by molar-refractivity contribution is 5.95. The van der Waals surface area contributed by atoms with Gasteiger partial charge in [0.25, 0.3) is 5.91 Å². The van der Waals surface area contributed by atoms with Crippen molar-refractivity contribution in [2.24, 2.45) is 5.92 Å². The van der Waals surface area contributed by atoms with E-state index in [0.29, 0.717) is 6.42 Å². The number of pyridine rings is 1. The number of carboxylic acids is 1. The van der Waals surface area contributed by atoms with Gasteiger partial charge in [0.2, 0.25) is 0 Å². The molecule has 6 heteroatoms. The monoisotopic (exact) mass is 279 g/mol. The van der Waals surface area contributed by atoms with E-state index in [0.717, 1.165) is 5.69 Å². The maximum atomic E-state index is 12.1. The summed E-state index contributed by atoms with van der Waals surface area (Å²) in [7, 11) is 3.71. The fourth-order valence-corrected chi connectivity index (χ4v) is 1.75. The third-order valence-corrected chi connectivity index (χ3v) is 2.80. The topological polar surface area (TPSA) is 82.5 Å². The van der Waals surface area contributed by atoms with Crippen molar-refractivity contribution < 1.29 is 14.7 Å². The zero-order valence-corrected chi connectivity index (χ0v) is 12.3. The van der Waals surface area contributed by atoms with Gasteiger partial charge in [-0.15, -0.1) is 0 Å². The van der Waals surface area contributed by atoms with Crippen LogP contribution in [0.5, 0.6) is 0 Å². The number of hydrogen-bond acceptors (Lipinski definition) is 4. The molecule has 1 heterocycles. The van der Waals surface area contributed by atoms with E-state index in [1.54, 1.807) is 12.1 Å². The molecule has 20 heavy (non-hydrogen) atoms. The molecule has 0 radical (unpaired) electrons. The molecule has 0 saturated carbocycles. The molecule has 1 aromatic heterocycles. The summed E-state index contributed by atoms with van der Waals surface area (Å²) in [6.45, 7) is 3.82. The smallest absolute Gasteiger partial charge is 0.326 e. The Balaban J connectivity index is 2.83. The van der Waals surface area contributed by atoms with Crippen molar-refractivity contribution in [1.82, 2.24) is 10.3 Å². The molecule has 1 aromatic rings. The number of aromatic nitrogens is 1. The first kappa shape index (κ1) is 15.9. The van der Waals surface area contributed by atoms with Gasteiger partial charge in [-0.3, -0.25) is 9.78 Å². The molecule has 1 atom stereocenters. The lowest BCUT2D eigenvalue weighted by atomic mass is 10.0. The minimum atomic E-state index is -1.03. The zero-order valence-electron chi connectivity index (χ0n) is 12.3. The van der Waals surface area contributed by atoms with Crippen molar-refractivity contribution in [2.75, 3.05) is 19.0 Å². The Kier molecular flexibility index (Phi) is 5.49. The summed E-state index contributed by atoms with van der Waals surface area (Å²) >= 11 is 0. The molecule has 1 rings (SSSR count). The van der Waals surface area contributed by atoms with E-state index in [9.17, 15) is 9.59 Å². The first-order valence-electron chi connectivity index (χ1n) is 6.48. The molecular weight excluding hydrogens is 258 g/mol. The van der Waals surface area contributed by atoms with Crippen LogP contribution in [0.15, 0.2) is 18.3 Å². The van der Waals surface area contributed by atoms with E-state index in [1.165, 1.54) is 6.20 Å².